The quantitative estimate of drug-likeness (QED) is 0.118. The van der Waals surface area contributed by atoms with Crippen molar-refractivity contribution < 1.29 is 76.0 Å². The Morgan fingerprint density at radius 1 is 0.826 bits per heavy atom. The van der Waals surface area contributed by atoms with Crippen LogP contribution in [0, 0.1) is 0 Å². The molecule has 0 atom stereocenters. The minimum atomic E-state index is -0.201. The molecule has 0 aromatic heterocycles. The van der Waals surface area contributed by atoms with Crippen LogP contribution >= 0.6 is 22.6 Å². The Labute approximate surface area is 189 Å². The lowest BCUT2D eigenvalue weighted by Crippen LogP contribution is -3.00. The van der Waals surface area contributed by atoms with Crippen LogP contribution in [-0.4, -0.2) is 93.9 Å². The predicted octanol–water partition coefficient (Wildman–Crippen LogP) is -5.07. The van der Waals surface area contributed by atoms with Crippen molar-refractivity contribution in [2.45, 2.75) is 6.92 Å². The van der Waals surface area contributed by atoms with Crippen LogP contribution in [0.25, 0.3) is 0 Å². The third-order valence-electron chi connectivity index (χ3n) is 2.20. The molecule has 0 radical (unpaired) electrons. The minimum absolute atomic E-state index is 0. The van der Waals surface area contributed by atoms with Crippen LogP contribution in [0.15, 0.2) is 0 Å². The monoisotopic (exact) mass is 672 g/mol. The zero-order valence-corrected chi connectivity index (χ0v) is 21.7. The van der Waals surface area contributed by atoms with Crippen molar-refractivity contribution in [3.05, 3.63) is 0 Å². The minimum Gasteiger partial charge on any atom is -1.00 e. The number of likely N-dealkylation sites (N-methyl/N-ethyl adjacent to an activating group) is 2. The summed E-state index contributed by atoms with van der Waals surface area (Å²) in [4.78, 5) is 21.0. The SMILES string of the molecule is CC(=O)OCC[N+](C)(C)C.C[N+](C)(C)CCOC(=O)CI.[I-].[I-]. The van der Waals surface area contributed by atoms with E-state index in [0.717, 1.165) is 22.1 Å². The fraction of sp³-hybridized carbons (Fsp3) is 0.857. The lowest BCUT2D eigenvalue weighted by molar-refractivity contribution is -0.870. The fourth-order valence-electron chi connectivity index (χ4n) is 0.935. The van der Waals surface area contributed by atoms with Gasteiger partial charge in [0.2, 0.25) is 0 Å². The van der Waals surface area contributed by atoms with Crippen LogP contribution in [-0.2, 0) is 19.1 Å². The fourth-order valence-corrected chi connectivity index (χ4v) is 1.16. The van der Waals surface area contributed by atoms with Gasteiger partial charge >= 0.3 is 11.9 Å². The molecular formula is C14H31I3N2O4. The Hall–Kier alpha value is 1.05. The third-order valence-corrected chi connectivity index (χ3v) is 2.82. The Morgan fingerprint density at radius 2 is 1.17 bits per heavy atom. The molecule has 0 aliphatic rings. The van der Waals surface area contributed by atoms with Gasteiger partial charge in [-0.2, -0.15) is 0 Å². The van der Waals surface area contributed by atoms with Gasteiger partial charge in [-0.15, -0.1) is 0 Å². The summed E-state index contributed by atoms with van der Waals surface area (Å²) in [6.45, 7) is 4.18. The topological polar surface area (TPSA) is 52.6 Å². The van der Waals surface area contributed by atoms with Crippen molar-refractivity contribution in [2.24, 2.45) is 0 Å². The number of hydrogen-bond donors (Lipinski definition) is 0. The van der Waals surface area contributed by atoms with Gasteiger partial charge < -0.3 is 66.4 Å². The summed E-state index contributed by atoms with van der Waals surface area (Å²) < 4.78 is 11.8. The first kappa shape index (κ1) is 31.8. The zero-order valence-electron chi connectivity index (χ0n) is 15.2. The maximum Gasteiger partial charge on any atom is 0.315 e. The number of carbonyl (C=O) groups is 2. The second-order valence-electron chi connectivity index (χ2n) is 6.72. The maximum atomic E-state index is 10.7. The highest BCUT2D eigenvalue weighted by molar-refractivity contribution is 14.1. The van der Waals surface area contributed by atoms with E-state index in [4.69, 9.17) is 9.47 Å². The number of quaternary nitrogens is 2. The van der Waals surface area contributed by atoms with E-state index in [9.17, 15) is 9.59 Å². The van der Waals surface area contributed by atoms with Crippen molar-refractivity contribution >= 4 is 34.5 Å². The van der Waals surface area contributed by atoms with Gasteiger partial charge in [0.25, 0.3) is 0 Å². The first-order valence-corrected chi connectivity index (χ1v) is 8.36. The number of carbonyl (C=O) groups excluding carboxylic acids is 2. The molecule has 0 heterocycles. The summed E-state index contributed by atoms with van der Waals surface area (Å²) in [7, 11) is 12.4. The van der Waals surface area contributed by atoms with E-state index in [1.165, 1.54) is 6.92 Å². The van der Waals surface area contributed by atoms with E-state index < -0.39 is 0 Å². The standard InChI is InChI=1S/C7H15INO2.C7H16NO2.2HI/c1-9(2,3)4-5-11-7(10)6-8;1-7(9)10-6-5-8(2,3)4;;/h4-6H2,1-3H3;5-6H2,1-4H3;2*1H/q2*+1;;/p-2. The first-order chi connectivity index (χ1) is 9.37. The molecule has 0 N–H and O–H groups in total. The molecule has 0 unspecified atom stereocenters. The van der Waals surface area contributed by atoms with Crippen molar-refractivity contribution in [1.82, 2.24) is 0 Å². The summed E-state index contributed by atoms with van der Waals surface area (Å²) in [6.07, 6.45) is 0. The lowest BCUT2D eigenvalue weighted by Gasteiger charge is -2.23. The molecule has 0 aliphatic heterocycles. The molecule has 23 heavy (non-hydrogen) atoms. The summed E-state index contributed by atoms with van der Waals surface area (Å²) in [5, 5.41) is 0. The highest BCUT2D eigenvalue weighted by atomic mass is 127. The number of alkyl halides is 1. The summed E-state index contributed by atoms with van der Waals surface area (Å²) in [5.74, 6) is -0.326. The molecular weight excluding hydrogens is 641 g/mol. The molecule has 0 bridgehead atoms. The van der Waals surface area contributed by atoms with Gasteiger partial charge in [0.1, 0.15) is 26.3 Å². The highest BCUT2D eigenvalue weighted by Gasteiger charge is 2.08. The van der Waals surface area contributed by atoms with Crippen LogP contribution in [0.3, 0.4) is 0 Å². The smallest absolute Gasteiger partial charge is 0.315 e. The van der Waals surface area contributed by atoms with Gasteiger partial charge in [0.15, 0.2) is 0 Å². The van der Waals surface area contributed by atoms with Gasteiger partial charge in [-0.1, -0.05) is 22.6 Å². The summed E-state index contributed by atoms with van der Waals surface area (Å²) in [5.41, 5.74) is 0. The molecule has 0 aliphatic carbocycles. The van der Waals surface area contributed by atoms with Crippen LogP contribution in [0.4, 0.5) is 0 Å². The third kappa shape index (κ3) is 35.1. The van der Waals surface area contributed by atoms with Gasteiger partial charge in [-0.25, -0.2) is 0 Å². The number of rotatable bonds is 7. The molecule has 0 aromatic carbocycles. The van der Waals surface area contributed by atoms with Gasteiger partial charge in [0, 0.05) is 6.92 Å². The number of esters is 2. The van der Waals surface area contributed by atoms with Crippen LogP contribution in [0.5, 0.6) is 0 Å². The zero-order chi connectivity index (χ0) is 17.1. The van der Waals surface area contributed by atoms with Crippen molar-refractivity contribution in [2.75, 3.05) is 73.0 Å². The molecule has 9 heteroatoms. The Balaban J connectivity index is -0.000000145. The largest absolute Gasteiger partial charge is 1.00 e. The lowest BCUT2D eigenvalue weighted by atomic mass is 10.5. The van der Waals surface area contributed by atoms with Gasteiger partial charge in [0.05, 0.1) is 46.7 Å². The molecule has 142 valence electrons. The molecule has 0 fully saturated rings. The molecule has 0 saturated carbocycles. The molecule has 0 saturated heterocycles. The molecule has 6 nitrogen and oxygen atoms in total. The average molecular weight is 672 g/mol. The van der Waals surface area contributed by atoms with Crippen LogP contribution < -0.4 is 48.0 Å². The average Bonchev–Trinajstić information content (AvgIpc) is 2.25. The second-order valence-corrected chi connectivity index (χ2v) is 7.48. The van der Waals surface area contributed by atoms with E-state index in [0.29, 0.717) is 17.6 Å². The van der Waals surface area contributed by atoms with E-state index in [2.05, 4.69) is 42.3 Å². The van der Waals surface area contributed by atoms with E-state index in [-0.39, 0.29) is 59.9 Å². The van der Waals surface area contributed by atoms with Crippen molar-refractivity contribution in [3.63, 3.8) is 0 Å². The summed E-state index contributed by atoms with van der Waals surface area (Å²) >= 11 is 1.99. The highest BCUT2D eigenvalue weighted by Crippen LogP contribution is 1.91. The number of hydrogen-bond acceptors (Lipinski definition) is 4. The molecule has 0 aromatic rings. The molecule has 0 rings (SSSR count). The first-order valence-electron chi connectivity index (χ1n) is 6.83. The molecule has 0 spiro atoms. The number of halogens is 3. The predicted molar refractivity (Wildman–Crippen MR) is 92.3 cm³/mol. The Kier molecular flexibility index (Phi) is 22.8. The van der Waals surface area contributed by atoms with Gasteiger partial charge in [-0.05, 0) is 0 Å². The van der Waals surface area contributed by atoms with Crippen molar-refractivity contribution in [1.29, 1.82) is 0 Å². The normalized spacial score (nSPS) is 10.3. The van der Waals surface area contributed by atoms with Crippen LogP contribution in [0.1, 0.15) is 6.92 Å². The summed E-state index contributed by atoms with van der Waals surface area (Å²) in [6, 6.07) is 0. The maximum absolute atomic E-state index is 10.7. The Bertz CT molecular complexity index is 316. The molecule has 0 amide bonds. The number of nitrogens with zero attached hydrogens (tertiary/aromatic N) is 2. The second kappa shape index (κ2) is 16.5. The van der Waals surface area contributed by atoms with E-state index in [1.807, 2.05) is 22.6 Å². The van der Waals surface area contributed by atoms with E-state index in [1.54, 1.807) is 0 Å². The van der Waals surface area contributed by atoms with Crippen LogP contribution in [0.2, 0.25) is 0 Å². The Morgan fingerprint density at radius 3 is 1.43 bits per heavy atom. The van der Waals surface area contributed by atoms with E-state index >= 15 is 0 Å². The van der Waals surface area contributed by atoms with Gasteiger partial charge in [-0.3, -0.25) is 9.59 Å². The number of ether oxygens (including phenoxy) is 2. The van der Waals surface area contributed by atoms with Crippen molar-refractivity contribution in [3.8, 4) is 0 Å².